The largest absolute Gasteiger partial charge is 0.573 e. The van der Waals surface area contributed by atoms with E-state index in [1.54, 1.807) is 0 Å². The number of carbonyl (C=O) groups excluding carboxylic acids is 2. The Balaban J connectivity index is 1.34. The van der Waals surface area contributed by atoms with E-state index in [1.165, 1.54) is 28.0 Å². The van der Waals surface area contributed by atoms with Gasteiger partial charge in [0.25, 0.3) is 0 Å². The first-order valence-electron chi connectivity index (χ1n) is 13.0. The number of anilines is 2. The summed E-state index contributed by atoms with van der Waals surface area (Å²) in [5.74, 6) is -2.96. The minimum atomic E-state index is -4.84. The van der Waals surface area contributed by atoms with Crippen molar-refractivity contribution < 1.29 is 36.3 Å². The molecule has 0 aliphatic carbocycles. The topological polar surface area (TPSA) is 102 Å². The first kappa shape index (κ1) is 30.7. The van der Waals surface area contributed by atoms with Gasteiger partial charge in [0, 0.05) is 5.56 Å². The van der Waals surface area contributed by atoms with Gasteiger partial charge in [0.1, 0.15) is 17.8 Å². The van der Waals surface area contributed by atoms with Gasteiger partial charge in [-0.05, 0) is 66.4 Å². The highest BCUT2D eigenvalue weighted by atomic mass is 32.2. The molecule has 15 heteroatoms. The van der Waals surface area contributed by atoms with Crippen molar-refractivity contribution in [2.75, 3.05) is 16.0 Å². The summed E-state index contributed by atoms with van der Waals surface area (Å²) in [5.41, 5.74) is 1.84. The van der Waals surface area contributed by atoms with E-state index in [-0.39, 0.29) is 34.1 Å². The van der Waals surface area contributed by atoms with Crippen molar-refractivity contribution in [3.05, 3.63) is 83.7 Å². The van der Waals surface area contributed by atoms with Crippen LogP contribution in [-0.2, 0) is 4.79 Å². The van der Waals surface area contributed by atoms with Crippen molar-refractivity contribution in [2.24, 2.45) is 4.99 Å². The zero-order chi connectivity index (χ0) is 31.8. The molecule has 0 unspecified atom stereocenters. The number of urea groups is 1. The van der Waals surface area contributed by atoms with Crippen molar-refractivity contribution in [3.8, 4) is 22.8 Å². The fourth-order valence-corrected chi connectivity index (χ4v) is 5.24. The number of nitrogens with one attached hydrogen (secondary N) is 1. The Morgan fingerprint density at radius 1 is 1.07 bits per heavy atom. The molecule has 3 aromatic carbocycles. The molecule has 0 saturated carbocycles. The summed E-state index contributed by atoms with van der Waals surface area (Å²) in [7, 11) is 0. The van der Waals surface area contributed by atoms with Crippen molar-refractivity contribution in [3.63, 3.8) is 0 Å². The molecule has 3 amide bonds. The summed E-state index contributed by atoms with van der Waals surface area (Å²) in [4.78, 5) is 34.8. The Labute approximate surface area is 251 Å². The molecule has 1 saturated heterocycles. The number of aliphatic imine (C=N–C) groups is 1. The van der Waals surface area contributed by atoms with E-state index in [1.807, 2.05) is 39.0 Å². The average Bonchev–Trinajstić information content (AvgIpc) is 3.57. The molecule has 228 valence electrons. The maximum Gasteiger partial charge on any atom is 0.573 e. The molecule has 1 fully saturated rings. The van der Waals surface area contributed by atoms with Crippen LogP contribution < -0.4 is 15.0 Å². The third-order valence-electron chi connectivity index (χ3n) is 6.37. The number of amides is 3. The van der Waals surface area contributed by atoms with Crippen LogP contribution in [0, 0.1) is 18.6 Å². The number of amidine groups is 1. The molecule has 1 aromatic heterocycles. The maximum absolute atomic E-state index is 15.0. The summed E-state index contributed by atoms with van der Waals surface area (Å²) >= 11 is 1.03. The van der Waals surface area contributed by atoms with Gasteiger partial charge in [0.2, 0.25) is 5.91 Å². The summed E-state index contributed by atoms with van der Waals surface area (Å²) in [6.07, 6.45) is -3.63. The van der Waals surface area contributed by atoms with Crippen LogP contribution in [0.15, 0.2) is 65.9 Å². The van der Waals surface area contributed by atoms with Crippen LogP contribution in [-0.4, -0.2) is 44.0 Å². The predicted molar refractivity (Wildman–Crippen MR) is 155 cm³/mol. The van der Waals surface area contributed by atoms with E-state index in [9.17, 15) is 22.8 Å². The van der Waals surface area contributed by atoms with Crippen LogP contribution in [0.4, 0.5) is 38.1 Å². The monoisotopic (exact) mass is 630 g/mol. The molecule has 0 atom stereocenters. The van der Waals surface area contributed by atoms with Crippen LogP contribution in [0.2, 0.25) is 0 Å². The van der Waals surface area contributed by atoms with Crippen molar-refractivity contribution in [2.45, 2.75) is 33.1 Å². The number of ether oxygens (including phenoxy) is 1. The fraction of sp³-hybridized carbons (Fsp3) is 0.207. The summed E-state index contributed by atoms with van der Waals surface area (Å²) < 4.78 is 72.3. The van der Waals surface area contributed by atoms with Gasteiger partial charge >= 0.3 is 12.4 Å². The molecule has 0 bridgehead atoms. The van der Waals surface area contributed by atoms with E-state index in [0.29, 0.717) is 11.4 Å². The van der Waals surface area contributed by atoms with Crippen molar-refractivity contribution in [1.82, 2.24) is 14.8 Å². The number of nitrogens with zero attached hydrogens (tertiary/aromatic N) is 5. The highest BCUT2D eigenvalue weighted by molar-refractivity contribution is 8.15. The zero-order valence-corrected chi connectivity index (χ0v) is 24.1. The zero-order valence-electron chi connectivity index (χ0n) is 23.3. The summed E-state index contributed by atoms with van der Waals surface area (Å²) in [6.45, 7) is 5.80. The number of carbonyl (C=O) groups is 2. The van der Waals surface area contributed by atoms with Gasteiger partial charge in [-0.15, -0.1) is 18.3 Å². The minimum absolute atomic E-state index is 0.0418. The maximum atomic E-state index is 15.0. The number of benzene rings is 3. The summed E-state index contributed by atoms with van der Waals surface area (Å²) in [5, 5.41) is 6.31. The van der Waals surface area contributed by atoms with Gasteiger partial charge in [-0.25, -0.2) is 23.2 Å². The van der Waals surface area contributed by atoms with E-state index in [2.05, 4.69) is 25.1 Å². The molecule has 1 aliphatic rings. The molecule has 5 rings (SSSR count). The molecule has 2 heterocycles. The SMILES string of the molecule is Cc1ccc(C(C)C)c(N2C(=O)CSC2=NC(=O)Nc2c(F)cc(-c3ncn(-c4ccc(OC(F)(F)F)cc4)n3)cc2F)c1. The molecule has 9 nitrogen and oxygen atoms in total. The second-order valence-electron chi connectivity index (χ2n) is 9.93. The first-order valence-corrected chi connectivity index (χ1v) is 14.0. The Morgan fingerprint density at radius 2 is 1.75 bits per heavy atom. The molecule has 4 aromatic rings. The Bertz CT molecular complexity index is 1750. The Kier molecular flexibility index (Phi) is 8.41. The fourth-order valence-electron chi connectivity index (χ4n) is 4.38. The predicted octanol–water partition coefficient (Wildman–Crippen LogP) is 7.21. The van der Waals surface area contributed by atoms with Crippen LogP contribution >= 0.6 is 11.8 Å². The quantitative estimate of drug-likeness (QED) is 0.226. The molecule has 1 aliphatic heterocycles. The van der Waals surface area contributed by atoms with Gasteiger partial charge in [-0.2, -0.15) is 4.99 Å². The third-order valence-corrected chi connectivity index (χ3v) is 7.29. The van der Waals surface area contributed by atoms with Crippen LogP contribution in [0.5, 0.6) is 5.75 Å². The van der Waals surface area contributed by atoms with Gasteiger partial charge in [-0.3, -0.25) is 9.69 Å². The van der Waals surface area contributed by atoms with Crippen LogP contribution in [0.3, 0.4) is 0 Å². The highest BCUT2D eigenvalue weighted by Gasteiger charge is 2.33. The number of hydrogen-bond donors (Lipinski definition) is 1. The van der Waals surface area contributed by atoms with Gasteiger partial charge < -0.3 is 10.1 Å². The first-order chi connectivity index (χ1) is 20.8. The van der Waals surface area contributed by atoms with Gasteiger partial charge in [0.05, 0.1) is 17.1 Å². The average molecular weight is 631 g/mol. The lowest BCUT2D eigenvalue weighted by Gasteiger charge is -2.22. The van der Waals surface area contributed by atoms with Gasteiger partial charge in [-0.1, -0.05) is 37.7 Å². The number of halogens is 5. The number of alkyl halides is 3. The number of aromatic nitrogens is 3. The minimum Gasteiger partial charge on any atom is -0.406 e. The normalized spacial score (nSPS) is 14.5. The lowest BCUT2D eigenvalue weighted by molar-refractivity contribution is -0.274. The number of thioether (sulfide) groups is 1. The van der Waals surface area contributed by atoms with Gasteiger partial charge in [0.15, 0.2) is 22.6 Å². The molecule has 0 spiro atoms. The van der Waals surface area contributed by atoms with Crippen molar-refractivity contribution in [1.29, 1.82) is 0 Å². The molecular formula is C29H23F5N6O3S. The lowest BCUT2D eigenvalue weighted by atomic mass is 9.99. The number of aryl methyl sites for hydroxylation is 1. The Morgan fingerprint density at radius 3 is 2.39 bits per heavy atom. The van der Waals surface area contributed by atoms with E-state index >= 15 is 8.78 Å². The van der Waals surface area contributed by atoms with Crippen LogP contribution in [0.25, 0.3) is 17.1 Å². The van der Waals surface area contributed by atoms with Crippen LogP contribution in [0.1, 0.15) is 30.9 Å². The molecule has 44 heavy (non-hydrogen) atoms. The Hall–Kier alpha value is -4.79. The van der Waals surface area contributed by atoms with E-state index in [0.717, 1.165) is 47.2 Å². The van der Waals surface area contributed by atoms with E-state index < -0.39 is 35.5 Å². The second-order valence-corrected chi connectivity index (χ2v) is 10.9. The number of rotatable bonds is 6. The standard InChI is InChI=1S/C29H23F5N6O3S/c1-15(2)20-9-4-16(3)10-23(20)40-24(41)13-44-28(40)37-27(42)36-25-21(30)11-17(12-22(25)31)26-35-14-39(38-26)18-5-7-19(8-6-18)43-29(32,33)34/h4-12,14-15H,13H2,1-3H3,(H,36,42). The lowest BCUT2D eigenvalue weighted by Crippen LogP contribution is -2.31. The second kappa shape index (κ2) is 12.1. The molecule has 0 radical (unpaired) electrons. The summed E-state index contributed by atoms with van der Waals surface area (Å²) in [6, 6.07) is 11.1. The van der Waals surface area contributed by atoms with E-state index in [4.69, 9.17) is 0 Å². The highest BCUT2D eigenvalue weighted by Crippen LogP contribution is 2.34. The smallest absolute Gasteiger partial charge is 0.406 e. The molecule has 1 N–H and O–H groups in total. The van der Waals surface area contributed by atoms with Crippen molar-refractivity contribution >= 4 is 40.2 Å². The molecular weight excluding hydrogens is 607 g/mol. The third kappa shape index (κ3) is 6.72. The number of hydrogen-bond acceptors (Lipinski definition) is 6.